The Bertz CT molecular complexity index is 403. The van der Waals surface area contributed by atoms with Crippen molar-refractivity contribution in [2.75, 3.05) is 0 Å². The minimum atomic E-state index is -0.883. The lowest BCUT2D eigenvalue weighted by atomic mass is 9.88. The third-order valence-electron chi connectivity index (χ3n) is 3.24. The van der Waals surface area contributed by atoms with Gasteiger partial charge >= 0.3 is 12.2 Å². The van der Waals surface area contributed by atoms with Crippen LogP contribution in [0.3, 0.4) is 0 Å². The van der Waals surface area contributed by atoms with E-state index in [4.69, 9.17) is 9.47 Å². The second-order valence-electron chi connectivity index (χ2n) is 6.01. The molecule has 22 heavy (non-hydrogen) atoms. The standard InChI is InChI=1S/C15H26N2O5/c1-10(2)21-14(19)16-17(15(20)22-11(3)4)13(18)12-8-6-5-7-9-12/h10-12H,5-9H2,1-4H3,(H,16,19). The van der Waals surface area contributed by atoms with Gasteiger partial charge in [-0.25, -0.2) is 15.0 Å². The first-order chi connectivity index (χ1) is 10.3. The van der Waals surface area contributed by atoms with E-state index in [-0.39, 0.29) is 12.0 Å². The molecule has 1 fully saturated rings. The minimum absolute atomic E-state index is 0.271. The summed E-state index contributed by atoms with van der Waals surface area (Å²) < 4.78 is 9.95. The molecule has 126 valence electrons. The molecule has 0 saturated heterocycles. The van der Waals surface area contributed by atoms with Crippen LogP contribution in [0.2, 0.25) is 0 Å². The van der Waals surface area contributed by atoms with E-state index in [1.54, 1.807) is 27.7 Å². The van der Waals surface area contributed by atoms with Crippen LogP contribution in [-0.4, -0.2) is 35.3 Å². The van der Waals surface area contributed by atoms with Gasteiger partial charge in [0, 0.05) is 5.92 Å². The molecular formula is C15H26N2O5. The summed E-state index contributed by atoms with van der Waals surface area (Å²) in [5, 5.41) is 0.653. The molecule has 1 saturated carbocycles. The summed E-state index contributed by atoms with van der Waals surface area (Å²) in [5.41, 5.74) is 2.20. The van der Waals surface area contributed by atoms with Crippen LogP contribution in [0.25, 0.3) is 0 Å². The quantitative estimate of drug-likeness (QED) is 0.809. The first-order valence-electron chi connectivity index (χ1n) is 7.83. The smallest absolute Gasteiger partial charge is 0.436 e. The van der Waals surface area contributed by atoms with Crippen molar-refractivity contribution < 1.29 is 23.9 Å². The average molecular weight is 314 g/mol. The van der Waals surface area contributed by atoms with E-state index in [2.05, 4.69) is 5.43 Å². The Morgan fingerprint density at radius 3 is 2.00 bits per heavy atom. The number of carbonyl (C=O) groups excluding carboxylic acids is 3. The molecule has 0 aromatic carbocycles. The third kappa shape index (κ3) is 5.91. The normalized spacial score (nSPS) is 15.5. The Hall–Kier alpha value is -1.79. The zero-order chi connectivity index (χ0) is 16.7. The second kappa shape index (κ2) is 8.60. The molecule has 0 atom stereocenters. The monoisotopic (exact) mass is 314 g/mol. The fourth-order valence-electron chi connectivity index (χ4n) is 2.31. The number of hydrazine groups is 1. The molecule has 1 aliphatic rings. The molecule has 0 spiro atoms. The number of nitrogens with one attached hydrogen (secondary N) is 1. The van der Waals surface area contributed by atoms with Crippen LogP contribution in [0, 0.1) is 5.92 Å². The molecule has 1 rings (SSSR count). The summed E-state index contributed by atoms with van der Waals surface area (Å²) in [4.78, 5) is 36.3. The minimum Gasteiger partial charge on any atom is -0.446 e. The van der Waals surface area contributed by atoms with Crippen LogP contribution in [0.5, 0.6) is 0 Å². The molecule has 0 bridgehead atoms. The van der Waals surface area contributed by atoms with Gasteiger partial charge in [0.1, 0.15) is 0 Å². The highest BCUT2D eigenvalue weighted by Gasteiger charge is 2.33. The Kier molecular flexibility index (Phi) is 7.14. The first-order valence-corrected chi connectivity index (χ1v) is 7.83. The van der Waals surface area contributed by atoms with Crippen molar-refractivity contribution in [3.05, 3.63) is 0 Å². The van der Waals surface area contributed by atoms with E-state index in [0.29, 0.717) is 17.9 Å². The van der Waals surface area contributed by atoms with Gasteiger partial charge in [-0.15, -0.1) is 5.01 Å². The van der Waals surface area contributed by atoms with Gasteiger partial charge in [-0.2, -0.15) is 0 Å². The molecule has 1 N–H and O–H groups in total. The number of hydrogen-bond donors (Lipinski definition) is 1. The van der Waals surface area contributed by atoms with Crippen LogP contribution >= 0.6 is 0 Å². The van der Waals surface area contributed by atoms with Gasteiger partial charge in [-0.3, -0.25) is 4.79 Å². The van der Waals surface area contributed by atoms with E-state index in [1.165, 1.54) is 0 Å². The van der Waals surface area contributed by atoms with Gasteiger partial charge in [0.05, 0.1) is 12.2 Å². The zero-order valence-corrected chi connectivity index (χ0v) is 13.8. The lowest BCUT2D eigenvalue weighted by Crippen LogP contribution is -2.53. The summed E-state index contributed by atoms with van der Waals surface area (Å²) in [6.45, 7) is 6.71. The van der Waals surface area contributed by atoms with E-state index in [0.717, 1.165) is 19.3 Å². The number of carbonyl (C=O) groups is 3. The summed E-state index contributed by atoms with van der Waals surface area (Å²) >= 11 is 0. The highest BCUT2D eigenvalue weighted by molar-refractivity contribution is 5.94. The first kappa shape index (κ1) is 18.3. The fraction of sp³-hybridized carbons (Fsp3) is 0.800. The van der Waals surface area contributed by atoms with Gasteiger partial charge in [0.15, 0.2) is 0 Å². The Labute approximate surface area is 131 Å². The zero-order valence-electron chi connectivity index (χ0n) is 13.8. The van der Waals surface area contributed by atoms with Gasteiger partial charge in [0.25, 0.3) is 5.91 Å². The molecule has 0 radical (unpaired) electrons. The van der Waals surface area contributed by atoms with E-state index >= 15 is 0 Å². The van der Waals surface area contributed by atoms with Crippen molar-refractivity contribution in [1.82, 2.24) is 10.4 Å². The summed E-state index contributed by atoms with van der Waals surface area (Å²) in [6.07, 6.45) is 1.93. The van der Waals surface area contributed by atoms with Crippen LogP contribution in [0.15, 0.2) is 0 Å². The van der Waals surface area contributed by atoms with E-state index < -0.39 is 24.2 Å². The molecule has 7 nitrogen and oxygen atoms in total. The predicted octanol–water partition coefficient (Wildman–Crippen LogP) is 2.99. The number of nitrogens with zero attached hydrogens (tertiary/aromatic N) is 1. The van der Waals surface area contributed by atoms with Gasteiger partial charge in [-0.1, -0.05) is 19.3 Å². The number of imide groups is 1. The maximum atomic E-state index is 12.5. The summed E-state index contributed by atoms with van der Waals surface area (Å²) in [6, 6.07) is 0. The van der Waals surface area contributed by atoms with Crippen molar-refractivity contribution in [3.63, 3.8) is 0 Å². The molecule has 0 aromatic rings. The van der Waals surface area contributed by atoms with Gasteiger partial charge in [-0.05, 0) is 40.5 Å². The highest BCUT2D eigenvalue weighted by Crippen LogP contribution is 2.25. The molecule has 7 heteroatoms. The van der Waals surface area contributed by atoms with E-state index in [1.807, 2.05) is 0 Å². The molecule has 1 aliphatic carbocycles. The molecule has 0 aromatic heterocycles. The Balaban J connectivity index is 2.77. The van der Waals surface area contributed by atoms with Gasteiger partial charge < -0.3 is 9.47 Å². The Morgan fingerprint density at radius 2 is 1.50 bits per heavy atom. The number of hydrogen-bond acceptors (Lipinski definition) is 5. The van der Waals surface area contributed by atoms with Crippen molar-refractivity contribution in [3.8, 4) is 0 Å². The molecule has 3 amide bonds. The van der Waals surface area contributed by atoms with Crippen molar-refractivity contribution in [2.24, 2.45) is 5.92 Å². The number of ether oxygens (including phenoxy) is 2. The molecule has 0 unspecified atom stereocenters. The van der Waals surface area contributed by atoms with Crippen LogP contribution in [-0.2, 0) is 14.3 Å². The third-order valence-corrected chi connectivity index (χ3v) is 3.24. The number of amides is 3. The van der Waals surface area contributed by atoms with Crippen molar-refractivity contribution in [2.45, 2.75) is 72.0 Å². The SMILES string of the molecule is CC(C)OC(=O)NN(C(=O)OC(C)C)C(=O)C1CCCCC1. The van der Waals surface area contributed by atoms with Crippen molar-refractivity contribution >= 4 is 18.1 Å². The second-order valence-corrected chi connectivity index (χ2v) is 6.01. The number of rotatable bonds is 3. The summed E-state index contributed by atoms with van der Waals surface area (Å²) in [5.74, 6) is -0.709. The van der Waals surface area contributed by atoms with Gasteiger partial charge in [0.2, 0.25) is 0 Å². The lowest BCUT2D eigenvalue weighted by Gasteiger charge is -2.27. The maximum absolute atomic E-state index is 12.5. The molecular weight excluding hydrogens is 288 g/mol. The average Bonchev–Trinajstić information content (AvgIpc) is 2.43. The highest BCUT2D eigenvalue weighted by atomic mass is 16.6. The lowest BCUT2D eigenvalue weighted by molar-refractivity contribution is -0.137. The van der Waals surface area contributed by atoms with Crippen LogP contribution in [0.1, 0.15) is 59.8 Å². The Morgan fingerprint density at radius 1 is 0.955 bits per heavy atom. The van der Waals surface area contributed by atoms with Crippen molar-refractivity contribution in [1.29, 1.82) is 0 Å². The summed E-state index contributed by atoms with van der Waals surface area (Å²) in [7, 11) is 0. The molecule has 0 heterocycles. The molecule has 0 aliphatic heterocycles. The predicted molar refractivity (Wildman–Crippen MR) is 79.8 cm³/mol. The topological polar surface area (TPSA) is 84.9 Å². The maximum Gasteiger partial charge on any atom is 0.436 e. The fourth-order valence-corrected chi connectivity index (χ4v) is 2.31. The van der Waals surface area contributed by atoms with Crippen LogP contribution < -0.4 is 5.43 Å². The van der Waals surface area contributed by atoms with E-state index in [9.17, 15) is 14.4 Å². The largest absolute Gasteiger partial charge is 0.446 e. The van der Waals surface area contributed by atoms with Crippen LogP contribution in [0.4, 0.5) is 9.59 Å².